The highest BCUT2D eigenvalue weighted by Crippen LogP contribution is 2.32. The van der Waals surface area contributed by atoms with Crippen molar-refractivity contribution in [3.8, 4) is 0 Å². The van der Waals surface area contributed by atoms with Crippen LogP contribution in [0.4, 0.5) is 19.0 Å². The first-order chi connectivity index (χ1) is 15.8. The average molecular weight is 455 g/mol. The second-order valence-corrected chi connectivity index (χ2v) is 8.57. The van der Waals surface area contributed by atoms with Gasteiger partial charge < -0.3 is 15.2 Å². The van der Waals surface area contributed by atoms with Crippen LogP contribution in [0, 0.1) is 0 Å². The van der Waals surface area contributed by atoms with E-state index in [0.29, 0.717) is 11.4 Å². The van der Waals surface area contributed by atoms with E-state index in [1.807, 2.05) is 36.2 Å². The summed E-state index contributed by atoms with van der Waals surface area (Å²) >= 11 is 0. The number of para-hydroxylation sites is 1. The Bertz CT molecular complexity index is 1300. The van der Waals surface area contributed by atoms with Gasteiger partial charge in [-0.25, -0.2) is 4.98 Å². The van der Waals surface area contributed by atoms with Crippen LogP contribution in [-0.2, 0) is 6.18 Å². The molecular weight excluding hydrogens is 431 g/mol. The number of rotatable bonds is 4. The van der Waals surface area contributed by atoms with Gasteiger partial charge in [-0.1, -0.05) is 24.3 Å². The molecule has 1 amide bonds. The highest BCUT2D eigenvalue weighted by Gasteiger charge is 2.34. The second kappa shape index (κ2) is 8.13. The molecule has 2 N–H and O–H groups in total. The standard InChI is InChI=1S/C24H24F3N5O/c1-31(22-8-4-7-21-30-20(14-32(21)22)24(25,26)27)16-11-9-15(10-12-16)29-23(33)18-13-28-19-6-3-2-5-17(18)19/h2-8,13-16,28H,9-12H2,1H3,(H,29,33)/t15-,16+. The van der Waals surface area contributed by atoms with E-state index in [0.717, 1.165) is 42.8 Å². The Kier molecular flexibility index (Phi) is 5.26. The van der Waals surface area contributed by atoms with Gasteiger partial charge in [0.15, 0.2) is 5.69 Å². The molecule has 0 saturated heterocycles. The number of nitrogens with zero attached hydrogens (tertiary/aromatic N) is 3. The molecule has 0 radical (unpaired) electrons. The van der Waals surface area contributed by atoms with Crippen LogP contribution in [0.15, 0.2) is 54.9 Å². The second-order valence-electron chi connectivity index (χ2n) is 8.57. The van der Waals surface area contributed by atoms with Crippen molar-refractivity contribution >= 4 is 28.3 Å². The minimum Gasteiger partial charge on any atom is -0.360 e. The van der Waals surface area contributed by atoms with Gasteiger partial charge in [0.2, 0.25) is 0 Å². The number of aromatic amines is 1. The molecule has 1 aliphatic rings. The van der Waals surface area contributed by atoms with Crippen LogP contribution in [-0.4, -0.2) is 39.4 Å². The third-order valence-electron chi connectivity index (χ3n) is 6.54. The Hall–Kier alpha value is -3.49. The van der Waals surface area contributed by atoms with Crippen molar-refractivity contribution in [2.75, 3.05) is 11.9 Å². The minimum absolute atomic E-state index is 0.0664. The number of carbonyl (C=O) groups is 1. The maximum absolute atomic E-state index is 13.1. The van der Waals surface area contributed by atoms with Crippen LogP contribution >= 0.6 is 0 Å². The summed E-state index contributed by atoms with van der Waals surface area (Å²) in [6, 6.07) is 13.0. The number of H-pyrrole nitrogens is 1. The number of nitrogens with one attached hydrogen (secondary N) is 2. The monoisotopic (exact) mass is 455 g/mol. The summed E-state index contributed by atoms with van der Waals surface area (Å²) in [6.07, 6.45) is 1.56. The van der Waals surface area contributed by atoms with Gasteiger partial charge in [0.1, 0.15) is 11.5 Å². The zero-order valence-electron chi connectivity index (χ0n) is 18.1. The van der Waals surface area contributed by atoms with Crippen molar-refractivity contribution in [3.05, 3.63) is 66.1 Å². The summed E-state index contributed by atoms with van der Waals surface area (Å²) in [6.45, 7) is 0. The summed E-state index contributed by atoms with van der Waals surface area (Å²) < 4.78 is 40.9. The van der Waals surface area contributed by atoms with Crippen molar-refractivity contribution in [2.45, 2.75) is 43.9 Å². The molecule has 0 bridgehead atoms. The smallest absolute Gasteiger partial charge is 0.360 e. The van der Waals surface area contributed by atoms with Crippen molar-refractivity contribution < 1.29 is 18.0 Å². The molecule has 9 heteroatoms. The van der Waals surface area contributed by atoms with E-state index in [-0.39, 0.29) is 23.6 Å². The van der Waals surface area contributed by atoms with Crippen LogP contribution in [0.2, 0.25) is 0 Å². The Morgan fingerprint density at radius 2 is 1.88 bits per heavy atom. The number of benzene rings is 1. The summed E-state index contributed by atoms with van der Waals surface area (Å²) in [7, 11) is 1.90. The highest BCUT2D eigenvalue weighted by atomic mass is 19.4. The number of fused-ring (bicyclic) bond motifs is 2. The largest absolute Gasteiger partial charge is 0.434 e. The molecule has 172 valence electrons. The Morgan fingerprint density at radius 3 is 2.64 bits per heavy atom. The third kappa shape index (κ3) is 4.03. The first-order valence-electron chi connectivity index (χ1n) is 11.0. The number of imidazole rings is 1. The molecule has 4 aromatic rings. The van der Waals surface area contributed by atoms with Gasteiger partial charge in [-0.3, -0.25) is 9.20 Å². The van der Waals surface area contributed by atoms with Crippen LogP contribution in [0.25, 0.3) is 16.6 Å². The average Bonchev–Trinajstić information content (AvgIpc) is 3.43. The summed E-state index contributed by atoms with van der Waals surface area (Å²) in [5.41, 5.74) is 0.936. The highest BCUT2D eigenvalue weighted by molar-refractivity contribution is 6.06. The lowest BCUT2D eigenvalue weighted by atomic mass is 9.90. The normalized spacial score (nSPS) is 19.2. The Labute approximate surface area is 188 Å². The number of pyridine rings is 1. The van der Waals surface area contributed by atoms with Crippen LogP contribution in [0.5, 0.6) is 0 Å². The number of amides is 1. The van der Waals surface area contributed by atoms with Crippen molar-refractivity contribution in [1.29, 1.82) is 0 Å². The van der Waals surface area contributed by atoms with E-state index in [2.05, 4.69) is 15.3 Å². The van der Waals surface area contributed by atoms with E-state index in [4.69, 9.17) is 0 Å². The Balaban J connectivity index is 1.26. The first kappa shape index (κ1) is 21.4. The van der Waals surface area contributed by atoms with E-state index in [1.165, 1.54) is 4.40 Å². The van der Waals surface area contributed by atoms with Gasteiger partial charge in [0, 0.05) is 42.4 Å². The molecule has 33 heavy (non-hydrogen) atoms. The van der Waals surface area contributed by atoms with E-state index < -0.39 is 11.9 Å². The molecule has 1 aliphatic carbocycles. The number of aromatic nitrogens is 3. The van der Waals surface area contributed by atoms with Gasteiger partial charge in [0.05, 0.1) is 5.56 Å². The lowest BCUT2D eigenvalue weighted by Crippen LogP contribution is -2.43. The van der Waals surface area contributed by atoms with Crippen molar-refractivity contribution in [3.63, 3.8) is 0 Å². The molecule has 1 fully saturated rings. The molecule has 5 rings (SSSR count). The molecule has 0 atom stereocenters. The van der Waals surface area contributed by atoms with Crippen LogP contribution < -0.4 is 10.2 Å². The number of hydrogen-bond donors (Lipinski definition) is 2. The number of anilines is 1. The minimum atomic E-state index is -4.48. The van der Waals surface area contributed by atoms with Gasteiger partial charge >= 0.3 is 6.18 Å². The van der Waals surface area contributed by atoms with Gasteiger partial charge in [-0.05, 0) is 43.9 Å². The first-order valence-corrected chi connectivity index (χ1v) is 11.0. The predicted molar refractivity (Wildman–Crippen MR) is 120 cm³/mol. The summed E-state index contributed by atoms with van der Waals surface area (Å²) in [5.74, 6) is 0.578. The molecule has 0 spiro atoms. The number of carbonyl (C=O) groups excluding carboxylic acids is 1. The zero-order valence-corrected chi connectivity index (χ0v) is 18.1. The lowest BCUT2D eigenvalue weighted by molar-refractivity contribution is -0.140. The molecule has 3 aromatic heterocycles. The maximum atomic E-state index is 13.1. The van der Waals surface area contributed by atoms with Gasteiger partial charge in [0.25, 0.3) is 5.91 Å². The molecular formula is C24H24F3N5O. The summed E-state index contributed by atoms with van der Waals surface area (Å²) in [5, 5.41) is 4.04. The van der Waals surface area contributed by atoms with Gasteiger partial charge in [-0.2, -0.15) is 13.2 Å². The van der Waals surface area contributed by atoms with Crippen LogP contribution in [0.1, 0.15) is 41.7 Å². The van der Waals surface area contributed by atoms with E-state index in [1.54, 1.807) is 24.4 Å². The fraction of sp³-hybridized carbons (Fsp3) is 0.333. The quantitative estimate of drug-likeness (QED) is 0.455. The molecule has 3 heterocycles. The summed E-state index contributed by atoms with van der Waals surface area (Å²) in [4.78, 5) is 21.7. The number of alkyl halides is 3. The van der Waals surface area contributed by atoms with E-state index in [9.17, 15) is 18.0 Å². The maximum Gasteiger partial charge on any atom is 0.434 e. The predicted octanol–water partition coefficient (Wildman–Crippen LogP) is 5.01. The molecule has 1 saturated carbocycles. The lowest BCUT2D eigenvalue weighted by Gasteiger charge is -2.36. The fourth-order valence-electron chi connectivity index (χ4n) is 4.74. The number of hydrogen-bond acceptors (Lipinski definition) is 3. The van der Waals surface area contributed by atoms with Crippen molar-refractivity contribution in [1.82, 2.24) is 19.7 Å². The molecule has 0 aliphatic heterocycles. The molecule has 6 nitrogen and oxygen atoms in total. The SMILES string of the molecule is CN(c1cccc2nc(C(F)(F)F)cn12)[C@H]1CC[C@@H](NC(=O)c2c[nH]c3ccccc23)CC1. The van der Waals surface area contributed by atoms with Crippen molar-refractivity contribution in [2.24, 2.45) is 0 Å². The molecule has 0 unspecified atom stereocenters. The number of halogens is 3. The Morgan fingerprint density at radius 1 is 1.12 bits per heavy atom. The third-order valence-corrected chi connectivity index (χ3v) is 6.54. The van der Waals surface area contributed by atoms with E-state index >= 15 is 0 Å². The van der Waals surface area contributed by atoms with Gasteiger partial charge in [-0.15, -0.1) is 0 Å². The zero-order chi connectivity index (χ0) is 23.2. The molecule has 1 aromatic carbocycles. The topological polar surface area (TPSA) is 65.4 Å². The van der Waals surface area contributed by atoms with Crippen LogP contribution in [0.3, 0.4) is 0 Å². The fourth-order valence-corrected chi connectivity index (χ4v) is 4.74.